The molecule has 2 heterocycles. The molecule has 5 nitrogen and oxygen atoms in total. The predicted octanol–water partition coefficient (Wildman–Crippen LogP) is 3.81. The first-order chi connectivity index (χ1) is 15.5. The maximum atomic E-state index is 13.3. The van der Waals surface area contributed by atoms with Crippen LogP contribution in [0.25, 0.3) is 0 Å². The Labute approximate surface area is 193 Å². The minimum absolute atomic E-state index is 0.0815. The van der Waals surface area contributed by atoms with Gasteiger partial charge in [-0.1, -0.05) is 54.6 Å². The quantitative estimate of drug-likeness (QED) is 0.647. The van der Waals surface area contributed by atoms with Crippen LogP contribution in [0.3, 0.4) is 0 Å². The lowest BCUT2D eigenvalue weighted by molar-refractivity contribution is -0.135. The van der Waals surface area contributed by atoms with Gasteiger partial charge < -0.3 is 15.5 Å². The molecule has 2 aliphatic rings. The molecular weight excluding hydrogens is 418 g/mol. The highest BCUT2D eigenvalue weighted by molar-refractivity contribution is 7.07. The Balaban J connectivity index is 1.46. The molecule has 0 bridgehead atoms. The highest BCUT2D eigenvalue weighted by atomic mass is 32.1. The van der Waals surface area contributed by atoms with Crippen molar-refractivity contribution in [2.45, 2.75) is 38.4 Å². The molecule has 0 saturated heterocycles. The first-order valence-electron chi connectivity index (χ1n) is 10.9. The van der Waals surface area contributed by atoms with Crippen LogP contribution in [-0.2, 0) is 22.6 Å². The summed E-state index contributed by atoms with van der Waals surface area (Å²) in [6.45, 7) is 2.54. The van der Waals surface area contributed by atoms with Gasteiger partial charge in [-0.2, -0.15) is 11.3 Å². The third-order valence-electron chi connectivity index (χ3n) is 6.05. The van der Waals surface area contributed by atoms with E-state index in [1.54, 1.807) is 23.3 Å². The average Bonchev–Trinajstić information content (AvgIpc) is 3.41. The predicted molar refractivity (Wildman–Crippen MR) is 129 cm³/mol. The van der Waals surface area contributed by atoms with Crippen LogP contribution in [-0.4, -0.2) is 35.8 Å². The SMILES string of the molecule is CC1=C(CC(=O)N[C@@H](Cc2ccccc2)C(=O)N(C)Cc2ccsc2)C2C=CC=CC2N1. The van der Waals surface area contributed by atoms with Crippen molar-refractivity contribution in [3.8, 4) is 0 Å². The number of amides is 2. The van der Waals surface area contributed by atoms with Crippen molar-refractivity contribution < 1.29 is 9.59 Å². The molecule has 2 unspecified atom stereocenters. The lowest BCUT2D eigenvalue weighted by Gasteiger charge is -2.25. The molecule has 0 spiro atoms. The van der Waals surface area contributed by atoms with Crippen molar-refractivity contribution in [2.75, 3.05) is 7.05 Å². The van der Waals surface area contributed by atoms with Crippen LogP contribution >= 0.6 is 11.3 Å². The molecule has 0 saturated carbocycles. The number of benzene rings is 1. The van der Waals surface area contributed by atoms with Crippen LogP contribution in [0.4, 0.5) is 0 Å². The fraction of sp³-hybridized carbons (Fsp3) is 0.308. The molecule has 4 rings (SSSR count). The van der Waals surface area contributed by atoms with E-state index in [0.717, 1.165) is 22.4 Å². The van der Waals surface area contributed by atoms with Crippen LogP contribution in [0.5, 0.6) is 0 Å². The molecule has 166 valence electrons. The van der Waals surface area contributed by atoms with Gasteiger partial charge in [0.15, 0.2) is 0 Å². The second-order valence-electron chi connectivity index (χ2n) is 8.43. The van der Waals surface area contributed by atoms with Gasteiger partial charge in [-0.3, -0.25) is 9.59 Å². The van der Waals surface area contributed by atoms with Crippen LogP contribution in [0, 0.1) is 5.92 Å². The lowest BCUT2D eigenvalue weighted by atomic mass is 9.89. The molecule has 2 amide bonds. The minimum Gasteiger partial charge on any atom is -0.381 e. The Morgan fingerprint density at radius 3 is 2.66 bits per heavy atom. The summed E-state index contributed by atoms with van der Waals surface area (Å²) in [5.41, 5.74) is 4.25. The number of rotatable bonds is 8. The van der Waals surface area contributed by atoms with Gasteiger partial charge in [0, 0.05) is 31.6 Å². The fourth-order valence-corrected chi connectivity index (χ4v) is 5.05. The van der Waals surface area contributed by atoms with Crippen molar-refractivity contribution in [3.63, 3.8) is 0 Å². The normalized spacial score (nSPS) is 19.9. The van der Waals surface area contributed by atoms with Crippen molar-refractivity contribution >= 4 is 23.2 Å². The van der Waals surface area contributed by atoms with E-state index >= 15 is 0 Å². The summed E-state index contributed by atoms with van der Waals surface area (Å²) in [6.07, 6.45) is 9.07. The molecule has 0 radical (unpaired) electrons. The molecular formula is C26H29N3O2S. The molecule has 3 atom stereocenters. The van der Waals surface area contributed by atoms with Gasteiger partial charge in [-0.05, 0) is 40.5 Å². The van der Waals surface area contributed by atoms with Crippen molar-refractivity contribution in [1.82, 2.24) is 15.5 Å². The topological polar surface area (TPSA) is 61.4 Å². The van der Waals surface area contributed by atoms with E-state index in [9.17, 15) is 9.59 Å². The van der Waals surface area contributed by atoms with E-state index in [-0.39, 0.29) is 30.2 Å². The number of carbonyl (C=O) groups excluding carboxylic acids is 2. The van der Waals surface area contributed by atoms with Gasteiger partial charge in [0.2, 0.25) is 11.8 Å². The zero-order valence-electron chi connectivity index (χ0n) is 18.5. The Kier molecular flexibility index (Phi) is 6.90. The highest BCUT2D eigenvalue weighted by Gasteiger charge is 2.32. The van der Waals surface area contributed by atoms with E-state index in [4.69, 9.17) is 0 Å². The van der Waals surface area contributed by atoms with Crippen molar-refractivity contribution in [2.24, 2.45) is 5.92 Å². The Morgan fingerprint density at radius 2 is 1.91 bits per heavy atom. The number of allylic oxidation sites excluding steroid dienone is 3. The zero-order chi connectivity index (χ0) is 22.5. The van der Waals surface area contributed by atoms with E-state index in [1.165, 1.54) is 0 Å². The molecule has 1 aromatic carbocycles. The summed E-state index contributed by atoms with van der Waals surface area (Å²) < 4.78 is 0. The Hall–Kier alpha value is -3.12. The van der Waals surface area contributed by atoms with E-state index in [1.807, 2.05) is 66.2 Å². The van der Waals surface area contributed by atoms with Gasteiger partial charge >= 0.3 is 0 Å². The number of hydrogen-bond acceptors (Lipinski definition) is 4. The molecule has 2 N–H and O–H groups in total. The first kappa shape index (κ1) is 22.1. The maximum absolute atomic E-state index is 13.3. The van der Waals surface area contributed by atoms with Crippen LogP contribution in [0.1, 0.15) is 24.5 Å². The van der Waals surface area contributed by atoms with Gasteiger partial charge in [0.25, 0.3) is 0 Å². The van der Waals surface area contributed by atoms with Gasteiger partial charge in [-0.25, -0.2) is 0 Å². The summed E-state index contributed by atoms with van der Waals surface area (Å²) >= 11 is 1.61. The van der Waals surface area contributed by atoms with E-state index in [2.05, 4.69) is 22.8 Å². The fourth-order valence-electron chi connectivity index (χ4n) is 4.39. The molecule has 1 aromatic heterocycles. The number of fused-ring (bicyclic) bond motifs is 1. The second-order valence-corrected chi connectivity index (χ2v) is 9.21. The lowest BCUT2D eigenvalue weighted by Crippen LogP contribution is -2.48. The number of likely N-dealkylation sites (N-methyl/N-ethyl adjacent to an activating group) is 1. The van der Waals surface area contributed by atoms with Crippen LogP contribution in [0.2, 0.25) is 0 Å². The number of nitrogens with zero attached hydrogens (tertiary/aromatic N) is 1. The monoisotopic (exact) mass is 447 g/mol. The number of carbonyl (C=O) groups is 2. The molecule has 6 heteroatoms. The van der Waals surface area contributed by atoms with Crippen molar-refractivity contribution in [1.29, 1.82) is 0 Å². The third-order valence-corrected chi connectivity index (χ3v) is 6.78. The average molecular weight is 448 g/mol. The molecule has 1 aliphatic carbocycles. The van der Waals surface area contributed by atoms with Crippen molar-refractivity contribution in [3.05, 3.63) is 93.9 Å². The number of thiophene rings is 1. The summed E-state index contributed by atoms with van der Waals surface area (Å²) in [5, 5.41) is 10.5. The van der Waals surface area contributed by atoms with E-state index < -0.39 is 6.04 Å². The Bertz CT molecular complexity index is 1040. The van der Waals surface area contributed by atoms with Crippen LogP contribution < -0.4 is 10.6 Å². The summed E-state index contributed by atoms with van der Waals surface area (Å²) in [6, 6.07) is 11.5. The second kappa shape index (κ2) is 10.0. The van der Waals surface area contributed by atoms with Gasteiger partial charge in [-0.15, -0.1) is 0 Å². The number of nitrogens with one attached hydrogen (secondary N) is 2. The number of hydrogen-bond donors (Lipinski definition) is 2. The molecule has 2 aromatic rings. The zero-order valence-corrected chi connectivity index (χ0v) is 19.3. The molecule has 1 aliphatic heterocycles. The molecule has 32 heavy (non-hydrogen) atoms. The van der Waals surface area contributed by atoms with E-state index in [0.29, 0.717) is 13.0 Å². The smallest absolute Gasteiger partial charge is 0.245 e. The third kappa shape index (κ3) is 5.19. The standard InChI is InChI=1S/C26H29N3O2S/c1-18-22(21-10-6-7-11-23(21)27-18)15-25(30)28-24(14-19-8-4-3-5-9-19)26(31)29(2)16-20-12-13-32-17-20/h3-13,17,21,23-24,27H,14-16H2,1-2H3,(H,28,30)/t21?,23?,24-/m0/s1. The minimum atomic E-state index is -0.610. The largest absolute Gasteiger partial charge is 0.381 e. The van der Waals surface area contributed by atoms with Gasteiger partial charge in [0.1, 0.15) is 6.04 Å². The Morgan fingerprint density at radius 1 is 1.12 bits per heavy atom. The van der Waals surface area contributed by atoms with Gasteiger partial charge in [0.05, 0.1) is 12.5 Å². The summed E-state index contributed by atoms with van der Waals surface area (Å²) in [4.78, 5) is 28.1. The van der Waals surface area contributed by atoms with Crippen LogP contribution in [0.15, 0.2) is 82.7 Å². The first-order valence-corrected chi connectivity index (χ1v) is 11.9. The summed E-state index contributed by atoms with van der Waals surface area (Å²) in [5.74, 6) is -0.0136. The molecule has 0 fully saturated rings. The highest BCUT2D eigenvalue weighted by Crippen LogP contribution is 2.32. The maximum Gasteiger partial charge on any atom is 0.245 e. The summed E-state index contributed by atoms with van der Waals surface area (Å²) in [7, 11) is 1.79.